The number of fused-ring (bicyclic) bond motifs is 1. The third kappa shape index (κ3) is 18.9. The van der Waals surface area contributed by atoms with E-state index in [0.717, 1.165) is 23.4 Å². The third-order valence-corrected chi connectivity index (χ3v) is 12.2. The van der Waals surface area contributed by atoms with Crippen LogP contribution in [-0.4, -0.2) is 120 Å². The van der Waals surface area contributed by atoms with Gasteiger partial charge in [-0.1, -0.05) is 48.5 Å². The number of aromatic amines is 1. The molecule has 4 rings (SSSR count). The maximum Gasteiger partial charge on any atom is 0.243 e. The summed E-state index contributed by atoms with van der Waals surface area (Å²) < 4.78 is 0. The first-order chi connectivity index (χ1) is 34.3. The van der Waals surface area contributed by atoms with Crippen molar-refractivity contribution < 1.29 is 47.9 Å². The van der Waals surface area contributed by atoms with Crippen LogP contribution in [0.25, 0.3) is 10.9 Å². The molecule has 1 saturated heterocycles. The standard InChI is InChI=1S/C49H69N13O10/c1-28(63)58-36(16-17-42(51)66)46(70)62-39-26-43(67)55-20-8-7-15-35(44(52)68)59-45(69)31(23-32-27-57-34-14-6-5-13-33(32)34)25-40(64)30(12-9-21-56-49(53)54)24-41(65)38(22-29-10-3-2-4-11-29)61-47(71)37(18-19-50)60-48(39)72/h2-6,10-11,13-14,27,30-31,35-39,57H,7-9,12,15-26,50H2,1H3,(H2,51,66)(H2,52,68)(H,55,67)(H,58,63)(H,59,69)(H,60,72)(H,61,71)(H,62,70)(H4,53,54,56)/t30-,31-,35+,36+,37+,38-,39+/m1/s1. The highest BCUT2D eigenvalue weighted by Gasteiger charge is 2.35. The Balaban J connectivity index is 1.77. The van der Waals surface area contributed by atoms with Gasteiger partial charge in [-0.25, -0.2) is 0 Å². The van der Waals surface area contributed by atoms with Crippen molar-refractivity contribution in [3.63, 3.8) is 0 Å². The number of hydrogen-bond acceptors (Lipinski definition) is 12. The van der Waals surface area contributed by atoms with Crippen molar-refractivity contribution in [1.82, 2.24) is 36.9 Å². The van der Waals surface area contributed by atoms with Crippen LogP contribution >= 0.6 is 0 Å². The highest BCUT2D eigenvalue weighted by Crippen LogP contribution is 2.26. The fraction of sp³-hybridized carbons (Fsp3) is 0.490. The zero-order valence-corrected chi connectivity index (χ0v) is 40.5. The van der Waals surface area contributed by atoms with Crippen LogP contribution < -0.4 is 60.6 Å². The zero-order valence-electron chi connectivity index (χ0n) is 40.5. The highest BCUT2D eigenvalue weighted by molar-refractivity contribution is 5.99. The molecule has 2 heterocycles. The van der Waals surface area contributed by atoms with Crippen molar-refractivity contribution in [3.05, 3.63) is 71.9 Å². The minimum absolute atomic E-state index is 0.0188. The van der Waals surface area contributed by atoms with Crippen LogP contribution in [0, 0.1) is 11.8 Å². The van der Waals surface area contributed by atoms with E-state index in [-0.39, 0.29) is 96.2 Å². The van der Waals surface area contributed by atoms with E-state index >= 15 is 0 Å². The largest absolute Gasteiger partial charge is 0.370 e. The lowest BCUT2D eigenvalue weighted by Gasteiger charge is -2.27. The Hall–Kier alpha value is -7.69. The summed E-state index contributed by atoms with van der Waals surface area (Å²) in [6.07, 6.45) is 0.589. The first-order valence-electron chi connectivity index (χ1n) is 24.1. The molecule has 1 fully saturated rings. The van der Waals surface area contributed by atoms with Crippen molar-refractivity contribution >= 4 is 75.7 Å². The number of aliphatic imine (C=N–C) groups is 1. The second kappa shape index (κ2) is 28.8. The Morgan fingerprint density at radius 2 is 1.46 bits per heavy atom. The van der Waals surface area contributed by atoms with Gasteiger partial charge < -0.3 is 65.6 Å². The fourth-order valence-electron chi connectivity index (χ4n) is 8.43. The van der Waals surface area contributed by atoms with E-state index in [0.29, 0.717) is 5.56 Å². The molecule has 2 aromatic carbocycles. The smallest absolute Gasteiger partial charge is 0.243 e. The average Bonchev–Trinajstić information content (AvgIpc) is 3.74. The van der Waals surface area contributed by atoms with Crippen molar-refractivity contribution in [2.75, 3.05) is 19.6 Å². The molecule has 0 saturated carbocycles. The van der Waals surface area contributed by atoms with E-state index in [4.69, 9.17) is 28.7 Å². The molecule has 23 heteroatoms. The van der Waals surface area contributed by atoms with Crippen molar-refractivity contribution in [3.8, 4) is 0 Å². The van der Waals surface area contributed by atoms with Crippen LogP contribution in [0.4, 0.5) is 0 Å². The number of amides is 8. The number of carbonyl (C=O) groups is 10. The number of carbonyl (C=O) groups excluding carboxylic acids is 10. The molecule has 390 valence electrons. The van der Waals surface area contributed by atoms with Crippen LogP contribution in [0.15, 0.2) is 65.8 Å². The van der Waals surface area contributed by atoms with Gasteiger partial charge in [-0.05, 0) is 81.5 Å². The number of nitrogens with one attached hydrogen (secondary N) is 7. The van der Waals surface area contributed by atoms with Gasteiger partial charge in [-0.3, -0.25) is 52.9 Å². The number of aromatic nitrogens is 1. The van der Waals surface area contributed by atoms with Crippen LogP contribution in [0.2, 0.25) is 0 Å². The predicted molar refractivity (Wildman–Crippen MR) is 266 cm³/mol. The van der Waals surface area contributed by atoms with E-state index in [2.05, 4.69) is 41.9 Å². The Labute approximate surface area is 417 Å². The summed E-state index contributed by atoms with van der Waals surface area (Å²) >= 11 is 0. The van der Waals surface area contributed by atoms with E-state index in [9.17, 15) is 47.9 Å². The molecule has 0 radical (unpaired) electrons. The van der Waals surface area contributed by atoms with Crippen LogP contribution in [0.3, 0.4) is 0 Å². The summed E-state index contributed by atoms with van der Waals surface area (Å²) in [5, 5.41) is 16.4. The highest BCUT2D eigenvalue weighted by atomic mass is 16.2. The minimum Gasteiger partial charge on any atom is -0.370 e. The molecule has 8 amide bonds. The lowest BCUT2D eigenvalue weighted by molar-refractivity contribution is -0.136. The average molecular weight is 1000 g/mol. The number of para-hydroxylation sites is 1. The molecule has 23 nitrogen and oxygen atoms in total. The second-order valence-electron chi connectivity index (χ2n) is 18.0. The molecule has 1 aliphatic heterocycles. The van der Waals surface area contributed by atoms with Gasteiger partial charge in [0.25, 0.3) is 0 Å². The third-order valence-electron chi connectivity index (χ3n) is 12.2. The molecule has 0 spiro atoms. The summed E-state index contributed by atoms with van der Waals surface area (Å²) in [6.45, 7) is 1.14. The number of benzene rings is 2. The van der Waals surface area contributed by atoms with E-state index in [1.54, 1.807) is 36.5 Å². The predicted octanol–water partition coefficient (Wildman–Crippen LogP) is -1.61. The Morgan fingerprint density at radius 3 is 2.14 bits per heavy atom. The van der Waals surface area contributed by atoms with Gasteiger partial charge in [0.2, 0.25) is 47.3 Å². The van der Waals surface area contributed by atoms with Crippen molar-refractivity contribution in [2.24, 2.45) is 45.5 Å². The Kier molecular flexibility index (Phi) is 22.8. The molecule has 1 aliphatic rings. The van der Waals surface area contributed by atoms with Gasteiger partial charge in [0.05, 0.1) is 12.5 Å². The molecular weight excluding hydrogens is 931 g/mol. The normalized spacial score (nSPS) is 21.8. The lowest BCUT2D eigenvalue weighted by atomic mass is 9.83. The maximum absolute atomic E-state index is 14.7. The number of ketones is 2. The van der Waals surface area contributed by atoms with Gasteiger partial charge in [-0.15, -0.1) is 0 Å². The number of hydrogen-bond donors (Lipinski definition) is 12. The second-order valence-corrected chi connectivity index (χ2v) is 18.0. The number of guanidine groups is 1. The van der Waals surface area contributed by atoms with Crippen molar-refractivity contribution in [1.29, 1.82) is 0 Å². The number of primary amides is 2. The summed E-state index contributed by atoms with van der Waals surface area (Å²) in [5.74, 6) is -9.59. The number of nitrogens with two attached hydrogens (primary N) is 5. The van der Waals surface area contributed by atoms with E-state index < -0.39 is 114 Å². The van der Waals surface area contributed by atoms with Gasteiger partial charge >= 0.3 is 0 Å². The zero-order chi connectivity index (χ0) is 52.7. The molecule has 17 N–H and O–H groups in total. The molecule has 7 atom stereocenters. The molecule has 1 aromatic heterocycles. The number of nitrogens with zero attached hydrogens (tertiary/aromatic N) is 1. The van der Waals surface area contributed by atoms with E-state index in [1.807, 2.05) is 24.3 Å². The minimum atomic E-state index is -1.66. The number of rotatable bonds is 17. The fourth-order valence-corrected chi connectivity index (χ4v) is 8.43. The van der Waals surface area contributed by atoms with Gasteiger partial charge in [-0.2, -0.15) is 0 Å². The Bertz CT molecular complexity index is 2420. The molecule has 72 heavy (non-hydrogen) atoms. The first kappa shape index (κ1) is 56.9. The number of Topliss-reactive ketones (excluding diaryl/α,β-unsaturated/α-hetero) is 2. The molecular formula is C49H69N13O10. The van der Waals surface area contributed by atoms with Gasteiger partial charge in [0.1, 0.15) is 30.0 Å². The first-order valence-corrected chi connectivity index (χ1v) is 24.1. The van der Waals surface area contributed by atoms with Gasteiger partial charge in [0, 0.05) is 68.2 Å². The SMILES string of the molecule is CC(=O)N[C@@H](CCC(N)=O)C(=O)N[C@H]1CC(=O)NCCCC[C@@H](C(N)=O)NC(=O)[C@H](Cc2c[nH]c3ccccc23)CC(=O)[C@H](CCCN=C(N)N)CC(=O)[C@@H](Cc2ccccc2)NC(=O)[C@H](CCN)NC1=O. The molecule has 0 aliphatic carbocycles. The maximum atomic E-state index is 14.7. The summed E-state index contributed by atoms with van der Waals surface area (Å²) in [4.78, 5) is 143. The van der Waals surface area contributed by atoms with Crippen molar-refractivity contribution in [2.45, 2.75) is 121 Å². The molecule has 0 bridgehead atoms. The quantitative estimate of drug-likeness (QED) is 0.0412. The molecule has 3 aromatic rings. The van der Waals surface area contributed by atoms with Gasteiger partial charge in [0.15, 0.2) is 11.7 Å². The van der Waals surface area contributed by atoms with Crippen LogP contribution in [0.1, 0.15) is 88.7 Å². The van der Waals surface area contributed by atoms with Crippen LogP contribution in [0.5, 0.6) is 0 Å². The number of H-pyrrole nitrogens is 1. The monoisotopic (exact) mass is 1000 g/mol. The van der Waals surface area contributed by atoms with Crippen LogP contribution in [-0.2, 0) is 60.8 Å². The summed E-state index contributed by atoms with van der Waals surface area (Å²) in [5.41, 5.74) is 30.3. The molecule has 0 unspecified atom stereocenters. The lowest BCUT2D eigenvalue weighted by Crippen LogP contribution is -2.59. The summed E-state index contributed by atoms with van der Waals surface area (Å²) in [6, 6.07) is 9.26. The van der Waals surface area contributed by atoms with E-state index in [1.165, 1.54) is 0 Å². The summed E-state index contributed by atoms with van der Waals surface area (Å²) in [7, 11) is 0. The topological polar surface area (TPSA) is 401 Å². The Morgan fingerprint density at radius 1 is 0.764 bits per heavy atom.